The van der Waals surface area contributed by atoms with Crippen LogP contribution in [0.4, 0.5) is 5.69 Å². The summed E-state index contributed by atoms with van der Waals surface area (Å²) in [5, 5.41) is 0. The number of nitrogens with two attached hydrogens (primary N) is 1. The Morgan fingerprint density at radius 2 is 1.94 bits per heavy atom. The van der Waals surface area contributed by atoms with Crippen molar-refractivity contribution in [3.8, 4) is 11.5 Å². The topological polar surface area (TPSA) is 52.3 Å². The second-order valence-electron chi connectivity index (χ2n) is 5.23. The smallest absolute Gasteiger partial charge is 0.338 e. The molecule has 0 aliphatic heterocycles. The third-order valence-corrected chi connectivity index (χ3v) is 3.28. The Bertz CT molecular complexity index is 533. The van der Waals surface area contributed by atoms with E-state index in [1.165, 1.54) is 7.11 Å². The van der Waals surface area contributed by atoms with E-state index in [9.17, 15) is 4.79 Å². The maximum atomic E-state index is 11.6. The van der Waals surface area contributed by atoms with Gasteiger partial charge in [-0.3, -0.25) is 0 Å². The van der Waals surface area contributed by atoms with Crippen molar-refractivity contribution in [3.05, 3.63) is 28.8 Å². The number of benzene rings is 1. The normalized spacial score (nSPS) is 10.5. The van der Waals surface area contributed by atoms with E-state index < -0.39 is 8.07 Å². The highest BCUT2D eigenvalue weighted by molar-refractivity contribution is 6.83. The summed E-state index contributed by atoms with van der Waals surface area (Å²) in [6.07, 6.45) is 0. The van der Waals surface area contributed by atoms with E-state index in [-0.39, 0.29) is 5.97 Å². The molecule has 0 unspecified atom stereocenters. The van der Waals surface area contributed by atoms with Gasteiger partial charge >= 0.3 is 5.97 Å². The summed E-state index contributed by atoms with van der Waals surface area (Å²) < 4.78 is 4.74. The summed E-state index contributed by atoms with van der Waals surface area (Å²) in [6, 6.07) is 3.43. The van der Waals surface area contributed by atoms with E-state index in [0.29, 0.717) is 11.3 Å². The Balaban J connectivity index is 3.33. The first-order chi connectivity index (χ1) is 8.24. The van der Waals surface area contributed by atoms with E-state index in [2.05, 4.69) is 31.1 Å². The molecule has 0 fully saturated rings. The maximum Gasteiger partial charge on any atom is 0.338 e. The summed E-state index contributed by atoms with van der Waals surface area (Å²) >= 11 is 0. The number of rotatable bonds is 1. The zero-order chi connectivity index (χ0) is 13.9. The molecule has 0 bridgehead atoms. The van der Waals surface area contributed by atoms with Crippen LogP contribution in [-0.4, -0.2) is 21.2 Å². The van der Waals surface area contributed by atoms with Crippen LogP contribution < -0.4 is 5.73 Å². The average Bonchev–Trinajstić information content (AvgIpc) is 2.27. The highest BCUT2D eigenvalue weighted by atomic mass is 28.3. The van der Waals surface area contributed by atoms with Crippen molar-refractivity contribution in [2.45, 2.75) is 26.6 Å². The van der Waals surface area contributed by atoms with Crippen LogP contribution in [0.2, 0.25) is 19.6 Å². The molecule has 18 heavy (non-hydrogen) atoms. The minimum absolute atomic E-state index is 0.379. The largest absolute Gasteiger partial charge is 0.465 e. The number of anilines is 1. The molecule has 0 aliphatic carbocycles. The van der Waals surface area contributed by atoms with Crippen LogP contribution in [0.25, 0.3) is 0 Å². The molecule has 1 aromatic carbocycles. The molecule has 0 saturated heterocycles. The van der Waals surface area contributed by atoms with Gasteiger partial charge in [0.1, 0.15) is 8.07 Å². The van der Waals surface area contributed by atoms with Gasteiger partial charge in [-0.25, -0.2) is 4.79 Å². The Kier molecular flexibility index (Phi) is 4.20. The molecule has 1 aromatic rings. The molecular formula is C14H19NO2Si. The van der Waals surface area contributed by atoms with Crippen molar-refractivity contribution in [1.82, 2.24) is 0 Å². The van der Waals surface area contributed by atoms with Crippen LogP contribution in [0.5, 0.6) is 0 Å². The van der Waals surface area contributed by atoms with Crippen molar-refractivity contribution >= 4 is 19.7 Å². The number of hydrogen-bond donors (Lipinski definition) is 1. The molecule has 0 amide bonds. The van der Waals surface area contributed by atoms with Gasteiger partial charge in [0.25, 0.3) is 0 Å². The van der Waals surface area contributed by atoms with E-state index >= 15 is 0 Å². The molecule has 0 heterocycles. The van der Waals surface area contributed by atoms with Crippen LogP contribution in [-0.2, 0) is 4.74 Å². The Morgan fingerprint density at radius 1 is 1.33 bits per heavy atom. The quantitative estimate of drug-likeness (QED) is 0.366. The van der Waals surface area contributed by atoms with Gasteiger partial charge in [0.05, 0.1) is 12.7 Å². The fourth-order valence-corrected chi connectivity index (χ4v) is 1.95. The Labute approximate surface area is 109 Å². The summed E-state index contributed by atoms with van der Waals surface area (Å²) in [7, 11) is -0.0918. The van der Waals surface area contributed by atoms with Crippen molar-refractivity contribution in [1.29, 1.82) is 0 Å². The van der Waals surface area contributed by atoms with Gasteiger partial charge < -0.3 is 10.5 Å². The van der Waals surface area contributed by atoms with Crippen LogP contribution in [0.3, 0.4) is 0 Å². The standard InChI is InChI=1S/C14H19NO2Si/c1-10-11(6-7-18(3,4)5)8-12(15)9-13(10)14(16)17-2/h8-9H,15H2,1-5H3. The number of carbonyl (C=O) groups excluding carboxylic acids is 1. The molecular weight excluding hydrogens is 242 g/mol. The zero-order valence-electron chi connectivity index (χ0n) is 11.5. The molecule has 0 radical (unpaired) electrons. The first kappa shape index (κ1) is 14.3. The third kappa shape index (κ3) is 3.64. The van der Waals surface area contributed by atoms with Crippen molar-refractivity contribution in [2.75, 3.05) is 12.8 Å². The van der Waals surface area contributed by atoms with Crippen LogP contribution in [0, 0.1) is 18.4 Å². The predicted molar refractivity (Wildman–Crippen MR) is 77.2 cm³/mol. The van der Waals surface area contributed by atoms with E-state index in [1.807, 2.05) is 6.92 Å². The first-order valence-corrected chi connectivity index (χ1v) is 9.26. The minimum atomic E-state index is -1.45. The molecule has 3 nitrogen and oxygen atoms in total. The SMILES string of the molecule is COC(=O)c1cc(N)cc(C#C[Si](C)(C)C)c1C. The van der Waals surface area contributed by atoms with Gasteiger partial charge in [-0.2, -0.15) is 0 Å². The molecule has 1 rings (SSSR count). The van der Waals surface area contributed by atoms with Gasteiger partial charge in [0, 0.05) is 11.3 Å². The first-order valence-electron chi connectivity index (χ1n) is 5.76. The van der Waals surface area contributed by atoms with Crippen molar-refractivity contribution in [3.63, 3.8) is 0 Å². The lowest BCUT2D eigenvalue weighted by atomic mass is 10.0. The van der Waals surface area contributed by atoms with Gasteiger partial charge in [0.2, 0.25) is 0 Å². The number of methoxy groups -OCH3 is 1. The predicted octanol–water partition coefficient (Wildman–Crippen LogP) is 2.59. The molecule has 96 valence electrons. The number of carbonyl (C=O) groups is 1. The van der Waals surface area contributed by atoms with E-state index in [4.69, 9.17) is 10.5 Å². The van der Waals surface area contributed by atoms with Gasteiger partial charge in [0.15, 0.2) is 0 Å². The van der Waals surface area contributed by atoms with Crippen LogP contribution in [0.1, 0.15) is 21.5 Å². The molecule has 0 aliphatic rings. The fourth-order valence-electron chi connectivity index (χ4n) is 1.44. The Hall–Kier alpha value is -1.73. The summed E-state index contributed by atoms with van der Waals surface area (Å²) in [5.41, 5.74) is 11.7. The third-order valence-electron chi connectivity index (χ3n) is 2.41. The molecule has 4 heteroatoms. The lowest BCUT2D eigenvalue weighted by Crippen LogP contribution is -2.16. The summed E-state index contributed by atoms with van der Waals surface area (Å²) in [4.78, 5) is 11.6. The number of ether oxygens (including phenoxy) is 1. The van der Waals surface area contributed by atoms with Crippen LogP contribution in [0.15, 0.2) is 12.1 Å². The number of nitrogen functional groups attached to an aromatic ring is 1. The van der Waals surface area contributed by atoms with Crippen molar-refractivity contribution in [2.24, 2.45) is 0 Å². The number of hydrogen-bond acceptors (Lipinski definition) is 3. The second kappa shape index (κ2) is 5.28. The lowest BCUT2D eigenvalue weighted by molar-refractivity contribution is 0.0600. The zero-order valence-corrected chi connectivity index (χ0v) is 12.5. The van der Waals surface area contributed by atoms with E-state index in [0.717, 1.165) is 11.1 Å². The van der Waals surface area contributed by atoms with Gasteiger partial charge in [-0.05, 0) is 24.6 Å². The molecule has 0 atom stereocenters. The lowest BCUT2D eigenvalue weighted by Gasteiger charge is -2.09. The van der Waals surface area contributed by atoms with Gasteiger partial charge in [-0.15, -0.1) is 5.54 Å². The molecule has 0 saturated carbocycles. The number of esters is 1. The highest BCUT2D eigenvalue weighted by Crippen LogP contribution is 2.19. The summed E-state index contributed by atoms with van der Waals surface area (Å²) in [6.45, 7) is 8.37. The average molecular weight is 261 g/mol. The summed E-state index contributed by atoms with van der Waals surface area (Å²) in [5.74, 6) is 2.76. The maximum absolute atomic E-state index is 11.6. The van der Waals surface area contributed by atoms with Crippen LogP contribution >= 0.6 is 0 Å². The van der Waals surface area contributed by atoms with Gasteiger partial charge in [-0.1, -0.05) is 25.6 Å². The molecule has 2 N–H and O–H groups in total. The Morgan fingerprint density at radius 3 is 2.44 bits per heavy atom. The molecule has 0 aromatic heterocycles. The monoisotopic (exact) mass is 261 g/mol. The van der Waals surface area contributed by atoms with Crippen molar-refractivity contribution < 1.29 is 9.53 Å². The molecule has 0 spiro atoms. The highest BCUT2D eigenvalue weighted by Gasteiger charge is 2.13. The van der Waals surface area contributed by atoms with E-state index in [1.54, 1.807) is 12.1 Å². The fraction of sp³-hybridized carbons (Fsp3) is 0.357. The second-order valence-corrected chi connectivity index (χ2v) is 9.98. The minimum Gasteiger partial charge on any atom is -0.465 e.